The molecule has 0 radical (unpaired) electrons. The minimum absolute atomic E-state index is 0.0842. The van der Waals surface area contributed by atoms with Gasteiger partial charge in [0.05, 0.1) is 5.69 Å². The van der Waals surface area contributed by atoms with E-state index < -0.39 is 0 Å². The molecule has 0 spiro atoms. The van der Waals surface area contributed by atoms with Gasteiger partial charge in [-0.2, -0.15) is 9.50 Å². The summed E-state index contributed by atoms with van der Waals surface area (Å²) < 4.78 is 6.54. The molecule has 8 heteroatoms. The molecule has 0 atom stereocenters. The van der Waals surface area contributed by atoms with Gasteiger partial charge in [0.2, 0.25) is 11.9 Å². The number of carbonyl (C=O) groups excluding carboxylic acids is 1. The molecule has 0 aromatic carbocycles. The first-order valence-corrected chi connectivity index (χ1v) is 7.97. The lowest BCUT2D eigenvalue weighted by Gasteiger charge is -2.20. The first-order valence-electron chi connectivity index (χ1n) is 7.97. The van der Waals surface area contributed by atoms with Crippen molar-refractivity contribution in [1.82, 2.24) is 19.6 Å². The van der Waals surface area contributed by atoms with Crippen LogP contribution in [0.15, 0.2) is 4.79 Å². The van der Waals surface area contributed by atoms with Gasteiger partial charge in [0.15, 0.2) is 0 Å². The highest BCUT2D eigenvalue weighted by atomic mass is 16.5. The molecule has 1 aliphatic rings. The highest BCUT2D eigenvalue weighted by Gasteiger charge is 2.23. The summed E-state index contributed by atoms with van der Waals surface area (Å²) in [5, 5.41) is 5.57. The van der Waals surface area contributed by atoms with E-state index >= 15 is 0 Å². The van der Waals surface area contributed by atoms with E-state index in [1.165, 1.54) is 4.52 Å². The number of aromatic amines is 1. The minimum Gasteiger partial charge on any atom is -0.381 e. The lowest BCUT2D eigenvalue weighted by atomic mass is 10.00. The van der Waals surface area contributed by atoms with Crippen molar-refractivity contribution >= 4 is 17.6 Å². The molecule has 124 valence electrons. The number of hydrogen-bond donors (Lipinski definition) is 2. The monoisotopic (exact) mass is 319 g/mol. The SMILES string of the molecule is CCCc1c(C)nc2nc(NC(=O)C3CCOCC3)[nH]n2c1=O. The Hall–Kier alpha value is -2.22. The second kappa shape index (κ2) is 6.49. The molecule has 0 unspecified atom stereocenters. The smallest absolute Gasteiger partial charge is 0.277 e. The molecule has 1 amide bonds. The summed E-state index contributed by atoms with van der Waals surface area (Å²) in [6.07, 6.45) is 2.93. The zero-order valence-electron chi connectivity index (χ0n) is 13.4. The van der Waals surface area contributed by atoms with Crippen molar-refractivity contribution in [1.29, 1.82) is 0 Å². The van der Waals surface area contributed by atoms with Crippen LogP contribution in [0.2, 0.25) is 0 Å². The average Bonchev–Trinajstić information content (AvgIpc) is 2.94. The normalized spacial score (nSPS) is 15.9. The van der Waals surface area contributed by atoms with Crippen LogP contribution >= 0.6 is 0 Å². The Morgan fingerprint density at radius 3 is 2.83 bits per heavy atom. The van der Waals surface area contributed by atoms with Crippen LogP contribution in [-0.4, -0.2) is 38.7 Å². The molecule has 8 nitrogen and oxygen atoms in total. The molecule has 0 aliphatic carbocycles. The number of hydrogen-bond acceptors (Lipinski definition) is 5. The van der Waals surface area contributed by atoms with E-state index in [2.05, 4.69) is 20.4 Å². The molecular weight excluding hydrogens is 298 g/mol. The number of fused-ring (bicyclic) bond motifs is 1. The molecule has 3 heterocycles. The van der Waals surface area contributed by atoms with Gasteiger partial charge in [-0.25, -0.2) is 4.98 Å². The predicted octanol–water partition coefficient (Wildman–Crippen LogP) is 1.04. The number of amides is 1. The Labute approximate surface area is 133 Å². The molecule has 2 aromatic rings. The van der Waals surface area contributed by atoms with E-state index in [-0.39, 0.29) is 29.1 Å². The van der Waals surface area contributed by atoms with Gasteiger partial charge < -0.3 is 4.74 Å². The van der Waals surface area contributed by atoms with Gasteiger partial charge in [-0.15, -0.1) is 0 Å². The van der Waals surface area contributed by atoms with Crippen LogP contribution in [0.5, 0.6) is 0 Å². The van der Waals surface area contributed by atoms with E-state index in [4.69, 9.17) is 4.74 Å². The zero-order valence-corrected chi connectivity index (χ0v) is 13.4. The third-order valence-corrected chi connectivity index (χ3v) is 4.13. The average molecular weight is 319 g/mol. The molecule has 1 saturated heterocycles. The van der Waals surface area contributed by atoms with Crippen molar-refractivity contribution in [2.24, 2.45) is 5.92 Å². The summed E-state index contributed by atoms with van der Waals surface area (Å²) in [6.45, 7) is 5.01. The molecule has 3 rings (SSSR count). The van der Waals surface area contributed by atoms with Crippen LogP contribution in [-0.2, 0) is 16.0 Å². The van der Waals surface area contributed by atoms with E-state index in [1.54, 1.807) is 6.92 Å². The van der Waals surface area contributed by atoms with E-state index in [1.807, 2.05) is 6.92 Å². The molecule has 2 aromatic heterocycles. The Kier molecular flexibility index (Phi) is 4.42. The Morgan fingerprint density at radius 1 is 1.39 bits per heavy atom. The predicted molar refractivity (Wildman–Crippen MR) is 84.5 cm³/mol. The highest BCUT2D eigenvalue weighted by Crippen LogP contribution is 2.16. The van der Waals surface area contributed by atoms with E-state index in [0.29, 0.717) is 43.7 Å². The number of nitrogens with zero attached hydrogens (tertiary/aromatic N) is 3. The highest BCUT2D eigenvalue weighted by molar-refractivity contribution is 5.91. The van der Waals surface area contributed by atoms with Crippen LogP contribution in [0.25, 0.3) is 5.78 Å². The van der Waals surface area contributed by atoms with Crippen LogP contribution in [0.4, 0.5) is 5.95 Å². The van der Waals surface area contributed by atoms with E-state index in [0.717, 1.165) is 6.42 Å². The van der Waals surface area contributed by atoms with Gasteiger partial charge in [0.25, 0.3) is 11.3 Å². The number of H-pyrrole nitrogens is 1. The molecule has 1 fully saturated rings. The standard InChI is InChI=1S/C15H21N5O3/c1-3-4-11-9(2)16-15-18-14(19-20(15)13(11)22)17-12(21)10-5-7-23-8-6-10/h10H,3-8H2,1-2H3,(H2,16,17,18,19,21). The first-order chi connectivity index (χ1) is 11.1. The minimum atomic E-state index is -0.159. The molecule has 2 N–H and O–H groups in total. The largest absolute Gasteiger partial charge is 0.381 e. The van der Waals surface area contributed by atoms with E-state index in [9.17, 15) is 9.59 Å². The number of rotatable bonds is 4. The fraction of sp³-hybridized carbons (Fsp3) is 0.600. The van der Waals surface area contributed by atoms with Crippen molar-refractivity contribution in [3.63, 3.8) is 0 Å². The van der Waals surface area contributed by atoms with Gasteiger partial charge in [0, 0.05) is 24.7 Å². The maximum Gasteiger partial charge on any atom is 0.277 e. The summed E-state index contributed by atoms with van der Waals surface area (Å²) in [6, 6.07) is 0. The van der Waals surface area contributed by atoms with Gasteiger partial charge in [0.1, 0.15) is 0 Å². The van der Waals surface area contributed by atoms with Crippen molar-refractivity contribution in [2.75, 3.05) is 18.5 Å². The second-order valence-corrected chi connectivity index (χ2v) is 5.81. The number of nitrogens with one attached hydrogen (secondary N) is 2. The number of aryl methyl sites for hydroxylation is 1. The van der Waals surface area contributed by atoms with Crippen LogP contribution in [0.1, 0.15) is 37.4 Å². The van der Waals surface area contributed by atoms with Crippen molar-refractivity contribution in [3.05, 3.63) is 21.6 Å². The lowest BCUT2D eigenvalue weighted by Crippen LogP contribution is -2.29. The summed E-state index contributed by atoms with van der Waals surface area (Å²) >= 11 is 0. The maximum absolute atomic E-state index is 12.5. The summed E-state index contributed by atoms with van der Waals surface area (Å²) in [5.41, 5.74) is 1.20. The van der Waals surface area contributed by atoms with Gasteiger partial charge in [-0.1, -0.05) is 13.3 Å². The fourth-order valence-electron chi connectivity index (χ4n) is 2.83. The Bertz CT molecular complexity index is 773. The lowest BCUT2D eigenvalue weighted by molar-refractivity contribution is -0.122. The van der Waals surface area contributed by atoms with Crippen molar-refractivity contribution in [3.8, 4) is 0 Å². The Morgan fingerprint density at radius 2 is 2.13 bits per heavy atom. The zero-order chi connectivity index (χ0) is 16.4. The third-order valence-electron chi connectivity index (χ3n) is 4.13. The fourth-order valence-corrected chi connectivity index (χ4v) is 2.83. The van der Waals surface area contributed by atoms with Crippen LogP contribution in [0.3, 0.4) is 0 Å². The van der Waals surface area contributed by atoms with Gasteiger partial charge in [-0.3, -0.25) is 20.0 Å². The number of ether oxygens (including phenoxy) is 1. The van der Waals surface area contributed by atoms with Gasteiger partial charge in [-0.05, 0) is 26.2 Å². The summed E-state index contributed by atoms with van der Waals surface area (Å²) in [4.78, 5) is 33.2. The topological polar surface area (TPSA) is 101 Å². The van der Waals surface area contributed by atoms with Gasteiger partial charge >= 0.3 is 0 Å². The van der Waals surface area contributed by atoms with Crippen LogP contribution < -0.4 is 10.9 Å². The summed E-state index contributed by atoms with van der Waals surface area (Å²) in [5.74, 6) is 0.332. The molecule has 0 bridgehead atoms. The quantitative estimate of drug-likeness (QED) is 0.877. The number of carbonyl (C=O) groups is 1. The maximum atomic E-state index is 12.5. The molecule has 1 aliphatic heterocycles. The molecule has 23 heavy (non-hydrogen) atoms. The number of anilines is 1. The summed E-state index contributed by atoms with van der Waals surface area (Å²) in [7, 11) is 0. The van der Waals surface area contributed by atoms with Crippen molar-refractivity contribution < 1.29 is 9.53 Å². The third kappa shape index (κ3) is 3.12. The van der Waals surface area contributed by atoms with Crippen LogP contribution in [0, 0.1) is 12.8 Å². The van der Waals surface area contributed by atoms with Crippen molar-refractivity contribution in [2.45, 2.75) is 39.5 Å². The number of aromatic nitrogens is 4. The molecular formula is C15H21N5O3. The molecule has 0 saturated carbocycles. The Balaban J connectivity index is 1.86. The first kappa shape index (κ1) is 15.7. The second-order valence-electron chi connectivity index (χ2n) is 5.81.